The van der Waals surface area contributed by atoms with E-state index in [1.807, 2.05) is 6.92 Å². The van der Waals surface area contributed by atoms with E-state index in [0.29, 0.717) is 6.42 Å². The van der Waals surface area contributed by atoms with Gasteiger partial charge in [0.15, 0.2) is 0 Å². The van der Waals surface area contributed by atoms with Crippen molar-refractivity contribution < 1.29 is 22.7 Å². The number of hydrogen-bond acceptors (Lipinski definition) is 3. The SMILES string of the molecule is CCCCN(CC(F)(F)F)C(=O)CC(CN)OC. The Labute approximate surface area is 105 Å². The molecule has 0 saturated carbocycles. The number of alkyl halides is 3. The third-order valence-corrected chi connectivity index (χ3v) is 2.50. The van der Waals surface area contributed by atoms with Gasteiger partial charge in [-0.25, -0.2) is 0 Å². The molecule has 0 aromatic rings. The van der Waals surface area contributed by atoms with Gasteiger partial charge < -0.3 is 15.4 Å². The van der Waals surface area contributed by atoms with Gasteiger partial charge in [0.05, 0.1) is 12.5 Å². The summed E-state index contributed by atoms with van der Waals surface area (Å²) in [4.78, 5) is 12.6. The molecule has 0 spiro atoms. The van der Waals surface area contributed by atoms with Crippen LogP contribution in [0.1, 0.15) is 26.2 Å². The maximum Gasteiger partial charge on any atom is 0.406 e. The standard InChI is InChI=1S/C11H21F3N2O2/c1-3-4-5-16(8-11(12,13)14)10(17)6-9(7-15)18-2/h9H,3-8,15H2,1-2H3. The van der Waals surface area contributed by atoms with E-state index in [0.717, 1.165) is 11.3 Å². The molecule has 0 fully saturated rings. The van der Waals surface area contributed by atoms with Gasteiger partial charge in [0.2, 0.25) is 5.91 Å². The quantitative estimate of drug-likeness (QED) is 0.728. The van der Waals surface area contributed by atoms with Crippen molar-refractivity contribution in [3.05, 3.63) is 0 Å². The van der Waals surface area contributed by atoms with Gasteiger partial charge in [-0.05, 0) is 6.42 Å². The van der Waals surface area contributed by atoms with Crippen LogP contribution in [0.15, 0.2) is 0 Å². The lowest BCUT2D eigenvalue weighted by Crippen LogP contribution is -2.42. The number of nitrogens with zero attached hydrogens (tertiary/aromatic N) is 1. The molecule has 0 aliphatic rings. The molecule has 0 aromatic heterocycles. The van der Waals surface area contributed by atoms with Crippen LogP contribution >= 0.6 is 0 Å². The number of carbonyl (C=O) groups excluding carboxylic acids is 1. The molecule has 18 heavy (non-hydrogen) atoms. The predicted molar refractivity (Wildman–Crippen MR) is 62.0 cm³/mol. The van der Waals surface area contributed by atoms with Crippen molar-refractivity contribution in [1.29, 1.82) is 0 Å². The highest BCUT2D eigenvalue weighted by Gasteiger charge is 2.33. The van der Waals surface area contributed by atoms with E-state index in [1.165, 1.54) is 7.11 Å². The van der Waals surface area contributed by atoms with Crippen LogP contribution in [0.4, 0.5) is 13.2 Å². The van der Waals surface area contributed by atoms with Crippen molar-refractivity contribution in [2.75, 3.05) is 26.7 Å². The molecule has 1 amide bonds. The Bertz CT molecular complexity index is 243. The highest BCUT2D eigenvalue weighted by Crippen LogP contribution is 2.18. The zero-order valence-electron chi connectivity index (χ0n) is 10.8. The second kappa shape index (κ2) is 8.31. The number of methoxy groups -OCH3 is 1. The summed E-state index contributed by atoms with van der Waals surface area (Å²) in [5.74, 6) is -0.571. The summed E-state index contributed by atoms with van der Waals surface area (Å²) in [7, 11) is 1.38. The van der Waals surface area contributed by atoms with Crippen LogP contribution in [0.3, 0.4) is 0 Å². The van der Waals surface area contributed by atoms with Gasteiger partial charge in [-0.1, -0.05) is 13.3 Å². The van der Waals surface area contributed by atoms with Crippen LogP contribution in [0.5, 0.6) is 0 Å². The number of halogens is 3. The van der Waals surface area contributed by atoms with Gasteiger partial charge >= 0.3 is 6.18 Å². The number of ether oxygens (including phenoxy) is 1. The van der Waals surface area contributed by atoms with E-state index < -0.39 is 24.7 Å². The molecule has 7 heteroatoms. The van der Waals surface area contributed by atoms with Crippen LogP contribution < -0.4 is 5.73 Å². The summed E-state index contributed by atoms with van der Waals surface area (Å²) in [6.45, 7) is 0.854. The molecule has 0 radical (unpaired) electrons. The van der Waals surface area contributed by atoms with Gasteiger partial charge in [0.25, 0.3) is 0 Å². The maximum absolute atomic E-state index is 12.3. The highest BCUT2D eigenvalue weighted by molar-refractivity contribution is 5.76. The van der Waals surface area contributed by atoms with Crippen LogP contribution in [0.25, 0.3) is 0 Å². The zero-order chi connectivity index (χ0) is 14.2. The Kier molecular flexibility index (Phi) is 7.93. The minimum atomic E-state index is -4.38. The number of rotatable bonds is 8. The van der Waals surface area contributed by atoms with Gasteiger partial charge in [0.1, 0.15) is 6.54 Å². The molecule has 1 unspecified atom stereocenters. The average molecular weight is 270 g/mol. The van der Waals surface area contributed by atoms with Crippen LogP contribution in [0.2, 0.25) is 0 Å². The maximum atomic E-state index is 12.3. The number of hydrogen-bond donors (Lipinski definition) is 1. The lowest BCUT2D eigenvalue weighted by atomic mass is 10.2. The lowest BCUT2D eigenvalue weighted by Gasteiger charge is -2.25. The second-order valence-corrected chi connectivity index (χ2v) is 4.08. The van der Waals surface area contributed by atoms with Gasteiger partial charge in [-0.2, -0.15) is 13.2 Å². The summed E-state index contributed by atoms with van der Waals surface area (Å²) >= 11 is 0. The number of carbonyl (C=O) groups is 1. The van der Waals surface area contributed by atoms with E-state index in [2.05, 4.69) is 0 Å². The molecule has 0 saturated heterocycles. The lowest BCUT2D eigenvalue weighted by molar-refractivity contribution is -0.162. The predicted octanol–water partition coefficient (Wildman–Crippen LogP) is 1.54. The van der Waals surface area contributed by atoms with Crippen molar-refractivity contribution in [3.63, 3.8) is 0 Å². The monoisotopic (exact) mass is 270 g/mol. The fourth-order valence-corrected chi connectivity index (χ4v) is 1.44. The summed E-state index contributed by atoms with van der Waals surface area (Å²) < 4.78 is 41.9. The zero-order valence-corrected chi connectivity index (χ0v) is 10.8. The third kappa shape index (κ3) is 7.50. The largest absolute Gasteiger partial charge is 0.406 e. The molecule has 0 aliphatic carbocycles. The highest BCUT2D eigenvalue weighted by atomic mass is 19.4. The molecule has 0 rings (SSSR count). The Balaban J connectivity index is 4.48. The van der Waals surface area contributed by atoms with E-state index >= 15 is 0 Å². The fourth-order valence-electron chi connectivity index (χ4n) is 1.44. The Hall–Kier alpha value is -0.820. The Morgan fingerprint density at radius 2 is 2.06 bits per heavy atom. The first-order valence-corrected chi connectivity index (χ1v) is 5.91. The summed E-state index contributed by atoms with van der Waals surface area (Å²) in [5.41, 5.74) is 5.34. The molecular weight excluding hydrogens is 249 g/mol. The molecule has 2 N–H and O–H groups in total. The summed E-state index contributed by atoms with van der Waals surface area (Å²) in [5, 5.41) is 0. The van der Waals surface area contributed by atoms with Crippen molar-refractivity contribution in [2.45, 2.75) is 38.5 Å². The first-order valence-electron chi connectivity index (χ1n) is 5.91. The summed E-state index contributed by atoms with van der Waals surface area (Å²) in [6, 6.07) is 0. The molecule has 0 aromatic carbocycles. The number of amides is 1. The Morgan fingerprint density at radius 3 is 2.44 bits per heavy atom. The smallest absolute Gasteiger partial charge is 0.380 e. The first-order chi connectivity index (χ1) is 8.34. The molecular formula is C11H21F3N2O2. The van der Waals surface area contributed by atoms with E-state index in [1.54, 1.807) is 0 Å². The molecule has 1 atom stereocenters. The third-order valence-electron chi connectivity index (χ3n) is 2.50. The summed E-state index contributed by atoms with van der Waals surface area (Å²) in [6.07, 6.45) is -3.76. The number of nitrogens with two attached hydrogens (primary N) is 1. The van der Waals surface area contributed by atoms with Crippen molar-refractivity contribution >= 4 is 5.91 Å². The average Bonchev–Trinajstić information content (AvgIpc) is 2.29. The molecule has 0 aliphatic heterocycles. The van der Waals surface area contributed by atoms with Crippen LogP contribution in [-0.2, 0) is 9.53 Å². The van der Waals surface area contributed by atoms with Crippen LogP contribution in [-0.4, -0.2) is 49.8 Å². The fraction of sp³-hybridized carbons (Fsp3) is 0.909. The normalized spacial score (nSPS) is 13.4. The molecule has 0 heterocycles. The molecule has 108 valence electrons. The van der Waals surface area contributed by atoms with Gasteiger partial charge in [-0.3, -0.25) is 4.79 Å². The minimum Gasteiger partial charge on any atom is -0.380 e. The van der Waals surface area contributed by atoms with Crippen molar-refractivity contribution in [1.82, 2.24) is 4.90 Å². The van der Waals surface area contributed by atoms with Crippen molar-refractivity contribution in [2.24, 2.45) is 5.73 Å². The Morgan fingerprint density at radius 1 is 1.44 bits per heavy atom. The number of unbranched alkanes of at least 4 members (excludes halogenated alkanes) is 1. The second-order valence-electron chi connectivity index (χ2n) is 4.08. The first kappa shape index (κ1) is 17.2. The topological polar surface area (TPSA) is 55.6 Å². The van der Waals surface area contributed by atoms with E-state index in [-0.39, 0.29) is 19.5 Å². The van der Waals surface area contributed by atoms with Crippen molar-refractivity contribution in [3.8, 4) is 0 Å². The van der Waals surface area contributed by atoms with E-state index in [4.69, 9.17) is 10.5 Å². The molecule has 0 bridgehead atoms. The minimum absolute atomic E-state index is 0.107. The molecule has 4 nitrogen and oxygen atoms in total. The van der Waals surface area contributed by atoms with E-state index in [9.17, 15) is 18.0 Å². The van der Waals surface area contributed by atoms with Gasteiger partial charge in [-0.15, -0.1) is 0 Å². The van der Waals surface area contributed by atoms with Gasteiger partial charge in [0, 0.05) is 20.2 Å². The van der Waals surface area contributed by atoms with Crippen LogP contribution in [0, 0.1) is 0 Å².